The number of anilines is 1. The highest BCUT2D eigenvalue weighted by Crippen LogP contribution is 2.18. The van der Waals surface area contributed by atoms with E-state index in [0.29, 0.717) is 5.02 Å². The number of amides is 1. The maximum Gasteiger partial charge on any atom is 0.405 e. The van der Waals surface area contributed by atoms with Crippen molar-refractivity contribution in [2.75, 3.05) is 12.3 Å². The van der Waals surface area contributed by atoms with E-state index in [1.54, 1.807) is 5.32 Å². The Morgan fingerprint density at radius 3 is 2.56 bits per heavy atom. The van der Waals surface area contributed by atoms with Gasteiger partial charge < -0.3 is 11.1 Å². The van der Waals surface area contributed by atoms with Gasteiger partial charge in [-0.3, -0.25) is 4.79 Å². The molecule has 16 heavy (non-hydrogen) atoms. The first kappa shape index (κ1) is 12.6. The number of benzene rings is 1. The number of nitrogen functional groups attached to an aromatic ring is 1. The molecule has 0 saturated heterocycles. The molecule has 0 unspecified atom stereocenters. The molecule has 0 bridgehead atoms. The molecule has 3 nitrogen and oxygen atoms in total. The number of hydrogen-bond donors (Lipinski definition) is 2. The van der Waals surface area contributed by atoms with Crippen LogP contribution in [-0.2, 0) is 0 Å². The normalized spacial score (nSPS) is 11.2. The van der Waals surface area contributed by atoms with Crippen LogP contribution in [0.25, 0.3) is 0 Å². The minimum atomic E-state index is -4.45. The Morgan fingerprint density at radius 1 is 1.44 bits per heavy atom. The van der Waals surface area contributed by atoms with Gasteiger partial charge in [0.1, 0.15) is 6.54 Å². The van der Waals surface area contributed by atoms with Gasteiger partial charge in [-0.1, -0.05) is 11.6 Å². The van der Waals surface area contributed by atoms with Crippen LogP contribution in [0, 0.1) is 0 Å². The van der Waals surface area contributed by atoms with Gasteiger partial charge >= 0.3 is 6.18 Å². The first-order valence-electron chi connectivity index (χ1n) is 4.19. The highest BCUT2D eigenvalue weighted by Gasteiger charge is 2.28. The van der Waals surface area contributed by atoms with Crippen LogP contribution in [0.2, 0.25) is 5.02 Å². The van der Waals surface area contributed by atoms with E-state index in [9.17, 15) is 18.0 Å². The third kappa shape index (κ3) is 3.62. The Labute approximate surface area is 94.4 Å². The smallest absolute Gasteiger partial charge is 0.398 e. The molecule has 0 aliphatic rings. The van der Waals surface area contributed by atoms with Crippen molar-refractivity contribution < 1.29 is 18.0 Å². The van der Waals surface area contributed by atoms with Gasteiger partial charge in [0.2, 0.25) is 0 Å². The van der Waals surface area contributed by atoms with Crippen molar-refractivity contribution in [3.63, 3.8) is 0 Å². The predicted octanol–water partition coefficient (Wildman–Crippen LogP) is 2.21. The maximum atomic E-state index is 11.8. The van der Waals surface area contributed by atoms with Gasteiger partial charge in [0, 0.05) is 10.7 Å². The Bertz CT molecular complexity index is 406. The Balaban J connectivity index is 2.74. The average molecular weight is 253 g/mol. The van der Waals surface area contributed by atoms with Crippen LogP contribution >= 0.6 is 11.6 Å². The molecule has 7 heteroatoms. The van der Waals surface area contributed by atoms with E-state index >= 15 is 0 Å². The van der Waals surface area contributed by atoms with Crippen molar-refractivity contribution in [1.82, 2.24) is 5.32 Å². The van der Waals surface area contributed by atoms with Crippen LogP contribution in [-0.4, -0.2) is 18.6 Å². The number of rotatable bonds is 2. The highest BCUT2D eigenvalue weighted by atomic mass is 35.5. The van der Waals surface area contributed by atoms with Crippen molar-refractivity contribution in [3.05, 3.63) is 28.8 Å². The van der Waals surface area contributed by atoms with Gasteiger partial charge in [-0.2, -0.15) is 13.2 Å². The maximum absolute atomic E-state index is 11.8. The van der Waals surface area contributed by atoms with Crippen LogP contribution in [0.1, 0.15) is 10.4 Å². The molecule has 1 rings (SSSR count). The summed E-state index contributed by atoms with van der Waals surface area (Å²) in [5.74, 6) is -0.883. The fourth-order valence-corrected chi connectivity index (χ4v) is 1.20. The zero-order valence-electron chi connectivity index (χ0n) is 7.94. The van der Waals surface area contributed by atoms with E-state index in [1.807, 2.05) is 0 Å². The Morgan fingerprint density at radius 2 is 2.06 bits per heavy atom. The van der Waals surface area contributed by atoms with Crippen molar-refractivity contribution in [3.8, 4) is 0 Å². The zero-order valence-corrected chi connectivity index (χ0v) is 8.69. The van der Waals surface area contributed by atoms with Crippen LogP contribution in [0.15, 0.2) is 18.2 Å². The SMILES string of the molecule is Nc1cc(Cl)ccc1C(=O)NCC(F)(F)F. The van der Waals surface area contributed by atoms with Gasteiger partial charge in [0.15, 0.2) is 0 Å². The summed E-state index contributed by atoms with van der Waals surface area (Å²) in [5.41, 5.74) is 5.44. The molecule has 0 heterocycles. The third-order valence-corrected chi connectivity index (χ3v) is 1.94. The topological polar surface area (TPSA) is 55.1 Å². The molecule has 0 aliphatic carbocycles. The Hall–Kier alpha value is -1.43. The van der Waals surface area contributed by atoms with Gasteiger partial charge in [-0.25, -0.2) is 0 Å². The predicted molar refractivity (Wildman–Crippen MR) is 54.3 cm³/mol. The average Bonchev–Trinajstić information content (AvgIpc) is 2.13. The molecule has 0 saturated carbocycles. The lowest BCUT2D eigenvalue weighted by atomic mass is 10.1. The number of alkyl halides is 3. The molecular formula is C9H8ClF3N2O. The highest BCUT2D eigenvalue weighted by molar-refractivity contribution is 6.31. The third-order valence-electron chi connectivity index (χ3n) is 1.71. The van der Waals surface area contributed by atoms with Crippen LogP contribution in [0.4, 0.5) is 18.9 Å². The second kappa shape index (κ2) is 4.61. The van der Waals surface area contributed by atoms with Crippen LogP contribution in [0.5, 0.6) is 0 Å². The van der Waals surface area contributed by atoms with Crippen molar-refractivity contribution in [2.24, 2.45) is 0 Å². The summed E-state index contributed by atoms with van der Waals surface area (Å²) >= 11 is 5.58. The standard InChI is InChI=1S/C9H8ClF3N2O/c10-5-1-2-6(7(14)3-5)8(16)15-4-9(11,12)13/h1-3H,4,14H2,(H,15,16). The first-order valence-corrected chi connectivity index (χ1v) is 4.57. The van der Waals surface area contributed by atoms with E-state index in [1.165, 1.54) is 18.2 Å². The number of nitrogens with one attached hydrogen (secondary N) is 1. The number of halogens is 4. The van der Waals surface area contributed by atoms with Crippen molar-refractivity contribution in [1.29, 1.82) is 0 Å². The first-order chi connectivity index (χ1) is 7.29. The molecule has 0 atom stereocenters. The zero-order chi connectivity index (χ0) is 12.3. The molecular weight excluding hydrogens is 245 g/mol. The largest absolute Gasteiger partial charge is 0.405 e. The summed E-state index contributed by atoms with van der Waals surface area (Å²) in [4.78, 5) is 11.3. The second-order valence-corrected chi connectivity index (χ2v) is 3.47. The number of carbonyl (C=O) groups excluding carboxylic acids is 1. The lowest BCUT2D eigenvalue weighted by Crippen LogP contribution is -2.34. The molecule has 3 N–H and O–H groups in total. The number of carbonyl (C=O) groups is 1. The molecule has 1 aromatic carbocycles. The number of hydrogen-bond acceptors (Lipinski definition) is 2. The summed E-state index contributed by atoms with van der Waals surface area (Å²) in [7, 11) is 0. The fraction of sp³-hybridized carbons (Fsp3) is 0.222. The fourth-order valence-electron chi connectivity index (χ4n) is 1.02. The summed E-state index contributed by atoms with van der Waals surface area (Å²) in [6.07, 6.45) is -4.45. The molecule has 0 aromatic heterocycles. The van der Waals surface area contributed by atoms with Gasteiger partial charge in [0.05, 0.1) is 5.56 Å². The van der Waals surface area contributed by atoms with Gasteiger partial charge in [-0.15, -0.1) is 0 Å². The van der Waals surface area contributed by atoms with Gasteiger partial charge in [0.25, 0.3) is 5.91 Å². The van der Waals surface area contributed by atoms with E-state index in [2.05, 4.69) is 0 Å². The minimum absolute atomic E-state index is 0.0337. The molecule has 0 radical (unpaired) electrons. The lowest BCUT2D eigenvalue weighted by molar-refractivity contribution is -0.123. The summed E-state index contributed by atoms with van der Waals surface area (Å²) in [5, 5.41) is 2.02. The molecule has 88 valence electrons. The van der Waals surface area contributed by atoms with Crippen molar-refractivity contribution in [2.45, 2.75) is 6.18 Å². The quantitative estimate of drug-likeness (QED) is 0.793. The number of nitrogens with two attached hydrogens (primary N) is 1. The van der Waals surface area contributed by atoms with E-state index in [-0.39, 0.29) is 11.3 Å². The monoisotopic (exact) mass is 252 g/mol. The van der Waals surface area contributed by atoms with E-state index in [4.69, 9.17) is 17.3 Å². The van der Waals surface area contributed by atoms with E-state index < -0.39 is 18.6 Å². The second-order valence-electron chi connectivity index (χ2n) is 3.03. The van der Waals surface area contributed by atoms with Crippen LogP contribution < -0.4 is 11.1 Å². The van der Waals surface area contributed by atoms with Crippen molar-refractivity contribution >= 4 is 23.2 Å². The molecule has 0 spiro atoms. The molecule has 1 aromatic rings. The minimum Gasteiger partial charge on any atom is -0.398 e. The molecule has 0 aliphatic heterocycles. The lowest BCUT2D eigenvalue weighted by Gasteiger charge is -2.09. The molecule has 1 amide bonds. The van der Waals surface area contributed by atoms with E-state index in [0.717, 1.165) is 0 Å². The van der Waals surface area contributed by atoms with Gasteiger partial charge in [-0.05, 0) is 18.2 Å². The van der Waals surface area contributed by atoms with Crippen LogP contribution in [0.3, 0.4) is 0 Å². The summed E-state index contributed by atoms with van der Waals surface area (Å²) in [6.45, 7) is -1.39. The Kier molecular flexibility index (Phi) is 3.64. The summed E-state index contributed by atoms with van der Waals surface area (Å²) < 4.78 is 35.5. The molecule has 0 fully saturated rings. The summed E-state index contributed by atoms with van der Waals surface area (Å²) in [6, 6.07) is 3.94.